The standard InChI is InChI=1S/C14H12BrNO2/c1-10-7-8-12(15)13(9-10)16-14(17)18-11-5-3-2-4-6-11/h2-9H,1H3,(H,16,17). The first-order valence-corrected chi connectivity index (χ1v) is 6.24. The molecule has 0 heterocycles. The van der Waals surface area contributed by atoms with E-state index < -0.39 is 6.09 Å². The quantitative estimate of drug-likeness (QED) is 0.895. The van der Waals surface area contributed by atoms with Crippen LogP contribution in [0.3, 0.4) is 0 Å². The number of hydrogen-bond donors (Lipinski definition) is 1. The van der Waals surface area contributed by atoms with Crippen molar-refractivity contribution in [1.29, 1.82) is 0 Å². The second-order valence-electron chi connectivity index (χ2n) is 3.81. The minimum Gasteiger partial charge on any atom is -0.410 e. The zero-order valence-corrected chi connectivity index (χ0v) is 11.4. The number of carbonyl (C=O) groups is 1. The maximum atomic E-state index is 11.7. The second kappa shape index (κ2) is 5.69. The summed E-state index contributed by atoms with van der Waals surface area (Å²) in [6.07, 6.45) is -0.507. The number of halogens is 1. The third-order valence-corrected chi connectivity index (χ3v) is 3.00. The molecule has 0 atom stereocenters. The average molecular weight is 306 g/mol. The molecule has 0 aliphatic heterocycles. The van der Waals surface area contributed by atoms with E-state index in [2.05, 4.69) is 21.2 Å². The highest BCUT2D eigenvalue weighted by Gasteiger charge is 2.07. The summed E-state index contributed by atoms with van der Waals surface area (Å²) in [4.78, 5) is 11.7. The van der Waals surface area contributed by atoms with Gasteiger partial charge in [-0.15, -0.1) is 0 Å². The molecule has 2 aromatic carbocycles. The average Bonchev–Trinajstić information content (AvgIpc) is 2.35. The fourth-order valence-corrected chi connectivity index (χ4v) is 1.81. The van der Waals surface area contributed by atoms with E-state index in [1.165, 1.54) is 0 Å². The van der Waals surface area contributed by atoms with Gasteiger partial charge in [-0.25, -0.2) is 4.79 Å². The fourth-order valence-electron chi connectivity index (χ4n) is 1.47. The molecule has 0 aliphatic rings. The van der Waals surface area contributed by atoms with Crippen molar-refractivity contribution >= 4 is 27.7 Å². The number of anilines is 1. The predicted molar refractivity (Wildman–Crippen MR) is 75.0 cm³/mol. The van der Waals surface area contributed by atoms with Crippen LogP contribution in [0.1, 0.15) is 5.56 Å². The van der Waals surface area contributed by atoms with E-state index in [1.54, 1.807) is 12.1 Å². The first-order valence-electron chi connectivity index (χ1n) is 5.45. The Labute approximate surface area is 114 Å². The van der Waals surface area contributed by atoms with Crippen molar-refractivity contribution in [3.63, 3.8) is 0 Å². The van der Waals surface area contributed by atoms with Gasteiger partial charge in [-0.3, -0.25) is 5.32 Å². The highest BCUT2D eigenvalue weighted by molar-refractivity contribution is 9.10. The van der Waals surface area contributed by atoms with Crippen LogP contribution in [0.4, 0.5) is 10.5 Å². The summed E-state index contributed by atoms with van der Waals surface area (Å²) in [6.45, 7) is 1.96. The normalized spacial score (nSPS) is 9.89. The lowest BCUT2D eigenvalue weighted by molar-refractivity contribution is 0.215. The van der Waals surface area contributed by atoms with Gasteiger partial charge in [0.25, 0.3) is 0 Å². The third-order valence-electron chi connectivity index (χ3n) is 2.31. The van der Waals surface area contributed by atoms with Crippen LogP contribution in [-0.4, -0.2) is 6.09 Å². The first-order chi connectivity index (χ1) is 8.65. The molecule has 92 valence electrons. The molecule has 3 nitrogen and oxygen atoms in total. The molecule has 1 N–H and O–H groups in total. The molecule has 0 unspecified atom stereocenters. The number of nitrogens with one attached hydrogen (secondary N) is 1. The van der Waals surface area contributed by atoms with E-state index >= 15 is 0 Å². The molecule has 0 fully saturated rings. The van der Waals surface area contributed by atoms with Crippen LogP contribution in [0.15, 0.2) is 53.0 Å². The molecule has 0 aliphatic carbocycles. The minimum absolute atomic E-state index is 0.507. The van der Waals surface area contributed by atoms with Crippen molar-refractivity contribution in [2.24, 2.45) is 0 Å². The number of amides is 1. The summed E-state index contributed by atoms with van der Waals surface area (Å²) in [5.74, 6) is 0.513. The minimum atomic E-state index is -0.507. The van der Waals surface area contributed by atoms with Crippen molar-refractivity contribution in [3.8, 4) is 5.75 Å². The SMILES string of the molecule is Cc1ccc(Br)c(NC(=O)Oc2ccccc2)c1. The molecule has 0 saturated heterocycles. The molecular formula is C14H12BrNO2. The van der Waals surface area contributed by atoms with E-state index in [0.717, 1.165) is 10.0 Å². The van der Waals surface area contributed by atoms with Crippen LogP contribution in [0.5, 0.6) is 5.75 Å². The Morgan fingerprint density at radius 3 is 2.61 bits per heavy atom. The van der Waals surface area contributed by atoms with Gasteiger partial charge >= 0.3 is 6.09 Å². The van der Waals surface area contributed by atoms with Gasteiger partial charge in [0, 0.05) is 4.47 Å². The highest BCUT2D eigenvalue weighted by atomic mass is 79.9. The van der Waals surface area contributed by atoms with Gasteiger partial charge < -0.3 is 4.74 Å². The number of para-hydroxylation sites is 1. The zero-order valence-electron chi connectivity index (χ0n) is 9.81. The first kappa shape index (κ1) is 12.6. The van der Waals surface area contributed by atoms with Gasteiger partial charge in [0.15, 0.2) is 0 Å². The van der Waals surface area contributed by atoms with Gasteiger partial charge in [0.2, 0.25) is 0 Å². The Kier molecular flexibility index (Phi) is 3.99. The number of rotatable bonds is 2. The number of hydrogen-bond acceptors (Lipinski definition) is 2. The highest BCUT2D eigenvalue weighted by Crippen LogP contribution is 2.23. The smallest absolute Gasteiger partial charge is 0.410 e. The van der Waals surface area contributed by atoms with Gasteiger partial charge in [0.05, 0.1) is 5.69 Å². The van der Waals surface area contributed by atoms with Gasteiger partial charge in [-0.1, -0.05) is 24.3 Å². The van der Waals surface area contributed by atoms with Crippen molar-refractivity contribution < 1.29 is 9.53 Å². The maximum absolute atomic E-state index is 11.7. The van der Waals surface area contributed by atoms with E-state index in [4.69, 9.17) is 4.74 Å². The Morgan fingerprint density at radius 1 is 1.17 bits per heavy atom. The van der Waals surface area contributed by atoms with Gasteiger partial charge in [-0.2, -0.15) is 0 Å². The van der Waals surface area contributed by atoms with Crippen LogP contribution >= 0.6 is 15.9 Å². The number of carbonyl (C=O) groups excluding carboxylic acids is 1. The summed E-state index contributed by atoms with van der Waals surface area (Å²) in [5.41, 5.74) is 1.75. The monoisotopic (exact) mass is 305 g/mol. The molecule has 0 saturated carbocycles. The second-order valence-corrected chi connectivity index (χ2v) is 4.67. The number of benzene rings is 2. The lowest BCUT2D eigenvalue weighted by atomic mass is 10.2. The topological polar surface area (TPSA) is 38.3 Å². The van der Waals surface area contributed by atoms with Crippen LogP contribution < -0.4 is 10.1 Å². The molecule has 0 aromatic heterocycles. The van der Waals surface area contributed by atoms with Crippen LogP contribution in [0, 0.1) is 6.92 Å². The lowest BCUT2D eigenvalue weighted by Crippen LogP contribution is -2.17. The van der Waals surface area contributed by atoms with E-state index in [-0.39, 0.29) is 0 Å². The number of aryl methyl sites for hydroxylation is 1. The summed E-state index contributed by atoms with van der Waals surface area (Å²) >= 11 is 3.37. The largest absolute Gasteiger partial charge is 0.417 e. The molecule has 4 heteroatoms. The van der Waals surface area contributed by atoms with Crippen molar-refractivity contribution in [2.75, 3.05) is 5.32 Å². The molecule has 0 radical (unpaired) electrons. The summed E-state index contributed by atoms with van der Waals surface area (Å²) in [6, 6.07) is 14.6. The molecule has 2 rings (SSSR count). The Balaban J connectivity index is 2.05. The van der Waals surface area contributed by atoms with Crippen molar-refractivity contribution in [2.45, 2.75) is 6.92 Å². The predicted octanol–water partition coefficient (Wildman–Crippen LogP) is 4.37. The maximum Gasteiger partial charge on any atom is 0.417 e. The fraction of sp³-hybridized carbons (Fsp3) is 0.0714. The van der Waals surface area contributed by atoms with Crippen LogP contribution in [-0.2, 0) is 0 Å². The van der Waals surface area contributed by atoms with E-state index in [1.807, 2.05) is 43.3 Å². The van der Waals surface area contributed by atoms with Gasteiger partial charge in [0.1, 0.15) is 5.75 Å². The molecule has 1 amide bonds. The van der Waals surface area contributed by atoms with E-state index in [9.17, 15) is 4.79 Å². The molecule has 0 bridgehead atoms. The van der Waals surface area contributed by atoms with E-state index in [0.29, 0.717) is 11.4 Å². The summed E-state index contributed by atoms with van der Waals surface area (Å²) in [7, 11) is 0. The van der Waals surface area contributed by atoms with Crippen LogP contribution in [0.25, 0.3) is 0 Å². The Morgan fingerprint density at radius 2 is 1.89 bits per heavy atom. The van der Waals surface area contributed by atoms with Crippen molar-refractivity contribution in [3.05, 3.63) is 58.6 Å². The lowest BCUT2D eigenvalue weighted by Gasteiger charge is -2.08. The number of ether oxygens (including phenoxy) is 1. The zero-order chi connectivity index (χ0) is 13.0. The summed E-state index contributed by atoms with van der Waals surface area (Å²) in [5, 5.41) is 2.69. The molecule has 18 heavy (non-hydrogen) atoms. The Hall–Kier alpha value is -1.81. The molecular weight excluding hydrogens is 294 g/mol. The van der Waals surface area contributed by atoms with Gasteiger partial charge in [-0.05, 0) is 52.7 Å². The molecule has 2 aromatic rings. The molecule has 0 spiro atoms. The van der Waals surface area contributed by atoms with Crippen molar-refractivity contribution in [1.82, 2.24) is 0 Å². The third kappa shape index (κ3) is 3.34. The Bertz CT molecular complexity index is 555. The summed E-state index contributed by atoms with van der Waals surface area (Å²) < 4.78 is 5.96. The van der Waals surface area contributed by atoms with Crippen LogP contribution in [0.2, 0.25) is 0 Å².